The summed E-state index contributed by atoms with van der Waals surface area (Å²) in [6.45, 7) is -2.18. The van der Waals surface area contributed by atoms with Crippen molar-refractivity contribution in [2.24, 2.45) is 0 Å². The molecule has 0 aliphatic rings. The number of anilines is 2. The Bertz CT molecular complexity index is 4940. The molecule has 21 nitrogen and oxygen atoms in total. The molecule has 100 heavy (non-hydrogen) atoms. The molecule has 2 unspecified atom stereocenters. The molecule has 0 fully saturated rings. The van der Waals surface area contributed by atoms with Crippen LogP contribution in [0.2, 0.25) is 0 Å². The second kappa shape index (κ2) is 31.5. The number of nitrogens with one attached hydrogen (secondary N) is 2. The fraction of sp³-hybridized carbons (Fsp3) is 0.200. The molecule has 0 radical (unpaired) electrons. The summed E-state index contributed by atoms with van der Waals surface area (Å²) >= 11 is 0. The molecular formula is C70H61CsF6N6O15S2. The van der Waals surface area contributed by atoms with E-state index in [1.165, 1.54) is 113 Å². The Balaban J connectivity index is 0.000000229. The number of aromatic nitrogens is 2. The third kappa shape index (κ3) is 15.6. The first-order valence-electron chi connectivity index (χ1n) is 30.0. The topological polar surface area (TPSA) is 290 Å². The Labute approximate surface area is 626 Å². The number of alkyl halides is 1. The van der Waals surface area contributed by atoms with Gasteiger partial charge in [0.15, 0.2) is 22.8 Å². The SMILES string of the molecule is CNC(=O)c1c(-c2ccc(F)cc2)oc2cc(N(CC(O)CCF)S(C)(=O)=O)c(-c3ccc(OC)c(-c4nc5c(F)cccc5o4)c3)cc12.CNC(=O)c1c(-c2ccc(F)cc2)oc2cc(N(CC(O)CCO)S(C)(=O)=O)c(-c3ccc(OC)c(-c4nc5c(F)cccc5o4)c3)cc12.[Cs+].[F-]. The van der Waals surface area contributed by atoms with Gasteiger partial charge in [0.25, 0.3) is 11.8 Å². The number of rotatable bonds is 22. The summed E-state index contributed by atoms with van der Waals surface area (Å²) in [5.41, 5.74) is 3.71. The number of aliphatic hydroxyl groups is 3. The van der Waals surface area contributed by atoms with E-state index in [1.807, 2.05) is 0 Å². The quantitative estimate of drug-likeness (QED) is 0.0456. The van der Waals surface area contributed by atoms with Crippen molar-refractivity contribution in [2.45, 2.75) is 25.0 Å². The zero-order chi connectivity index (χ0) is 70.1. The van der Waals surface area contributed by atoms with Gasteiger partial charge < -0.3 is 57.8 Å². The Kier molecular flexibility index (Phi) is 23.8. The van der Waals surface area contributed by atoms with E-state index in [-0.39, 0.29) is 189 Å². The number of oxazole rings is 2. The maximum absolute atomic E-state index is 14.6. The molecule has 12 rings (SSSR count). The first kappa shape index (κ1) is 75.5. The van der Waals surface area contributed by atoms with Crippen LogP contribution in [0.4, 0.5) is 33.3 Å². The van der Waals surface area contributed by atoms with E-state index in [2.05, 4.69) is 20.6 Å². The van der Waals surface area contributed by atoms with Crippen molar-refractivity contribution in [1.82, 2.24) is 20.6 Å². The summed E-state index contributed by atoms with van der Waals surface area (Å²) in [5, 5.41) is 36.5. The standard InChI is InChI=1S/C35H30F3N3O7S.C35H31F2N3O8S.Cs.FH/c1-39-34(43)31-24-16-23(20-9-12-28(46-2)25(15-20)35-40-32-26(38)5-4-6-29(32)48-35)27(41(49(3,44)45)18-22(42)13-14-36)17-30(24)47-33(31)19-7-10-21(37)11-8-19;1-38-34(43)31-24-16-23(20-9-12-28(46-2)25(15-20)35-39-32-26(37)5-4-6-29(32)48-35)27(40(49(3,44)45)18-22(42)13-14-41)17-30(24)47-33(31)19-7-10-21(36)11-8-19;;/h4-12,15-17,22,42H,13-14,18H2,1-3H3,(H,39,43);4-12,15-17,22,41-42H,13-14,18H2,1-3H3,(H,38,43);;1H/q;;+1;/p-1. The van der Waals surface area contributed by atoms with Gasteiger partial charge in [0.05, 0.1) is 92.3 Å². The van der Waals surface area contributed by atoms with Crippen LogP contribution < -0.4 is 102 Å². The van der Waals surface area contributed by atoms with Crippen molar-refractivity contribution in [3.05, 3.63) is 180 Å². The first-order valence-corrected chi connectivity index (χ1v) is 33.7. The Hall–Kier alpha value is -8.67. The zero-order valence-electron chi connectivity index (χ0n) is 54.4. The number of hydrogen-bond donors (Lipinski definition) is 5. The summed E-state index contributed by atoms with van der Waals surface area (Å²) < 4.78 is 160. The van der Waals surface area contributed by atoms with Crippen LogP contribution in [0.5, 0.6) is 11.5 Å². The van der Waals surface area contributed by atoms with Crippen LogP contribution in [0, 0.1) is 23.3 Å². The zero-order valence-corrected chi connectivity index (χ0v) is 62.3. The summed E-state index contributed by atoms with van der Waals surface area (Å²) in [5.74, 6) is -2.30. The average molecular weight is 1540 g/mol. The van der Waals surface area contributed by atoms with Gasteiger partial charge in [0.2, 0.25) is 31.8 Å². The van der Waals surface area contributed by atoms with Gasteiger partial charge in [0.1, 0.15) is 56.9 Å². The second-order valence-corrected chi connectivity index (χ2v) is 26.3. The maximum atomic E-state index is 14.6. The van der Waals surface area contributed by atoms with Gasteiger partial charge in [-0.15, -0.1) is 0 Å². The number of nitrogens with zero attached hydrogens (tertiary/aromatic N) is 4. The molecule has 0 saturated carbocycles. The van der Waals surface area contributed by atoms with Crippen LogP contribution in [-0.4, -0.2) is 133 Å². The van der Waals surface area contributed by atoms with Crippen LogP contribution >= 0.6 is 0 Å². The van der Waals surface area contributed by atoms with Crippen molar-refractivity contribution in [3.63, 3.8) is 0 Å². The molecule has 0 saturated heterocycles. The summed E-state index contributed by atoms with van der Waals surface area (Å²) in [7, 11) is -2.46. The number of amides is 2. The molecule has 30 heteroatoms. The molecule has 0 spiro atoms. The van der Waals surface area contributed by atoms with E-state index in [1.54, 1.807) is 60.7 Å². The Morgan fingerprint density at radius 3 is 1.25 bits per heavy atom. The molecule has 8 aromatic carbocycles. The number of carbonyl (C=O) groups excluding carboxylic acids is 2. The molecule has 2 amide bonds. The minimum Gasteiger partial charge on any atom is -1.00 e. The third-order valence-corrected chi connectivity index (χ3v) is 18.2. The molecule has 516 valence electrons. The number of fused-ring (bicyclic) bond motifs is 4. The largest absolute Gasteiger partial charge is 1.00 e. The van der Waals surface area contributed by atoms with Crippen molar-refractivity contribution in [1.29, 1.82) is 0 Å². The van der Waals surface area contributed by atoms with Crippen LogP contribution in [0.25, 0.3) is 112 Å². The molecule has 12 aromatic rings. The van der Waals surface area contributed by atoms with Crippen LogP contribution in [0.3, 0.4) is 0 Å². The molecule has 0 bridgehead atoms. The van der Waals surface area contributed by atoms with E-state index >= 15 is 0 Å². The minimum absolute atomic E-state index is 0. The molecule has 2 atom stereocenters. The van der Waals surface area contributed by atoms with Gasteiger partial charge in [-0.3, -0.25) is 22.6 Å². The molecule has 4 aromatic heterocycles. The van der Waals surface area contributed by atoms with Crippen molar-refractivity contribution < 1.29 is 164 Å². The predicted molar refractivity (Wildman–Crippen MR) is 359 cm³/mol. The molecule has 4 heterocycles. The monoisotopic (exact) mass is 1540 g/mol. The van der Waals surface area contributed by atoms with E-state index in [9.17, 15) is 63.7 Å². The number of furan rings is 2. The van der Waals surface area contributed by atoms with E-state index in [0.717, 1.165) is 21.1 Å². The summed E-state index contributed by atoms with van der Waals surface area (Å²) in [6, 6.07) is 34.9. The first-order chi connectivity index (χ1) is 46.9. The third-order valence-electron chi connectivity index (χ3n) is 16.0. The normalized spacial score (nSPS) is 12.1. The van der Waals surface area contributed by atoms with E-state index in [4.69, 9.17) is 27.1 Å². The van der Waals surface area contributed by atoms with Crippen molar-refractivity contribution in [2.75, 3.05) is 75.8 Å². The van der Waals surface area contributed by atoms with Crippen LogP contribution in [-0.2, 0) is 20.0 Å². The average Bonchev–Trinajstić information content (AvgIpc) is 1.59. The van der Waals surface area contributed by atoms with Gasteiger partial charge in [-0.25, -0.2) is 44.4 Å². The van der Waals surface area contributed by atoms with E-state index < -0.39 is 87.1 Å². The summed E-state index contributed by atoms with van der Waals surface area (Å²) in [6.07, 6.45) is -1.10. The molecule has 5 N–H and O–H groups in total. The number of ether oxygens (including phenoxy) is 2. The minimum atomic E-state index is -4.12. The van der Waals surface area contributed by atoms with Gasteiger partial charge >= 0.3 is 68.9 Å². The van der Waals surface area contributed by atoms with Gasteiger partial charge in [-0.1, -0.05) is 24.3 Å². The number of para-hydroxylation sites is 2. The van der Waals surface area contributed by atoms with Crippen molar-refractivity contribution >= 4 is 87.4 Å². The number of hydrogen-bond acceptors (Lipinski definition) is 17. The van der Waals surface area contributed by atoms with Crippen LogP contribution in [0.15, 0.2) is 163 Å². The van der Waals surface area contributed by atoms with Crippen molar-refractivity contribution in [3.8, 4) is 79.3 Å². The maximum Gasteiger partial charge on any atom is 1.00 e. The molecular weight excluding hydrogens is 1480 g/mol. The fourth-order valence-electron chi connectivity index (χ4n) is 11.3. The van der Waals surface area contributed by atoms with E-state index in [0.29, 0.717) is 50.3 Å². The Morgan fingerprint density at radius 1 is 0.530 bits per heavy atom. The number of carbonyl (C=O) groups is 2. The number of aliphatic hydroxyl groups excluding tert-OH is 3. The van der Waals surface area contributed by atoms with Gasteiger partial charge in [0, 0.05) is 72.3 Å². The summed E-state index contributed by atoms with van der Waals surface area (Å²) in [4.78, 5) is 35.4. The molecule has 0 aliphatic carbocycles. The smallest absolute Gasteiger partial charge is 1.00 e. The predicted octanol–water partition coefficient (Wildman–Crippen LogP) is 6.45. The molecule has 0 aliphatic heterocycles. The van der Waals surface area contributed by atoms with Gasteiger partial charge in [-0.2, -0.15) is 0 Å². The Morgan fingerprint density at radius 2 is 0.910 bits per heavy atom. The number of methoxy groups -OCH3 is 2. The number of sulfonamides is 2. The van der Waals surface area contributed by atoms with Crippen LogP contribution in [0.1, 0.15) is 33.6 Å². The van der Waals surface area contributed by atoms with Gasteiger partial charge in [-0.05, 0) is 127 Å². The second-order valence-electron chi connectivity index (χ2n) is 22.4. The number of halogens is 6. The number of benzene rings is 8. The fourth-order valence-corrected chi connectivity index (χ4v) is 13.2.